The molecule has 1 aliphatic rings. The number of imidazole rings is 1. The van der Waals surface area contributed by atoms with Crippen molar-refractivity contribution in [3.63, 3.8) is 0 Å². The second-order valence-electron chi connectivity index (χ2n) is 5.73. The molecule has 2 heterocycles. The lowest BCUT2D eigenvalue weighted by atomic mass is 9.89. The molecule has 1 aromatic carbocycles. The molecule has 2 atom stereocenters. The number of nitrogens with zero attached hydrogens (tertiary/aromatic N) is 2. The van der Waals surface area contributed by atoms with Gasteiger partial charge in [0, 0.05) is 38.9 Å². The Hall–Kier alpha value is -1.65. The van der Waals surface area contributed by atoms with E-state index >= 15 is 0 Å². The predicted octanol–water partition coefficient (Wildman–Crippen LogP) is 2.68. The van der Waals surface area contributed by atoms with Gasteiger partial charge in [0.1, 0.15) is 0 Å². The molecule has 1 aliphatic heterocycles. The third-order valence-corrected chi connectivity index (χ3v) is 4.20. The molecular weight excluding hydrogens is 262 g/mol. The summed E-state index contributed by atoms with van der Waals surface area (Å²) in [6.45, 7) is 2.71. The van der Waals surface area contributed by atoms with E-state index in [0.29, 0.717) is 5.92 Å². The highest BCUT2D eigenvalue weighted by molar-refractivity contribution is 5.18. The lowest BCUT2D eigenvalue weighted by Crippen LogP contribution is -2.32. The Labute approximate surface area is 126 Å². The van der Waals surface area contributed by atoms with Crippen LogP contribution >= 0.6 is 0 Å². The molecule has 0 bridgehead atoms. The van der Waals surface area contributed by atoms with Crippen LogP contribution in [0.1, 0.15) is 30.2 Å². The highest BCUT2D eigenvalue weighted by Gasteiger charge is 2.26. The maximum atomic E-state index is 6.03. The quantitative estimate of drug-likeness (QED) is 0.918. The van der Waals surface area contributed by atoms with Crippen LogP contribution in [0.25, 0.3) is 0 Å². The van der Waals surface area contributed by atoms with Crippen molar-refractivity contribution in [3.05, 3.63) is 54.1 Å². The molecule has 2 aromatic rings. The fraction of sp³-hybridized carbons (Fsp3) is 0.471. The van der Waals surface area contributed by atoms with Crippen LogP contribution in [0.3, 0.4) is 0 Å². The monoisotopic (exact) mass is 285 g/mol. The Morgan fingerprint density at radius 1 is 1.33 bits per heavy atom. The summed E-state index contributed by atoms with van der Waals surface area (Å²) in [6.07, 6.45) is 6.35. The van der Waals surface area contributed by atoms with Crippen molar-refractivity contribution in [2.45, 2.75) is 25.5 Å². The van der Waals surface area contributed by atoms with Gasteiger partial charge >= 0.3 is 0 Å². The highest BCUT2D eigenvalue weighted by Crippen LogP contribution is 2.33. The number of aryl methyl sites for hydroxylation is 1. The van der Waals surface area contributed by atoms with Crippen LogP contribution in [0.2, 0.25) is 0 Å². The second-order valence-corrected chi connectivity index (χ2v) is 5.73. The first-order valence-electron chi connectivity index (χ1n) is 7.67. The molecule has 3 rings (SSSR count). The molecule has 0 radical (unpaired) electrons. The van der Waals surface area contributed by atoms with Gasteiger partial charge in [-0.25, -0.2) is 4.98 Å². The predicted molar refractivity (Wildman–Crippen MR) is 82.8 cm³/mol. The summed E-state index contributed by atoms with van der Waals surface area (Å²) in [5, 5.41) is 3.56. The zero-order valence-corrected chi connectivity index (χ0v) is 12.5. The third-order valence-electron chi connectivity index (χ3n) is 4.20. The van der Waals surface area contributed by atoms with Crippen LogP contribution in [0.5, 0.6) is 0 Å². The zero-order chi connectivity index (χ0) is 14.5. The lowest BCUT2D eigenvalue weighted by molar-refractivity contribution is -0.0278. The lowest BCUT2D eigenvalue weighted by Gasteiger charge is -2.32. The molecule has 0 saturated carbocycles. The van der Waals surface area contributed by atoms with Gasteiger partial charge in [-0.3, -0.25) is 0 Å². The van der Waals surface area contributed by atoms with E-state index in [1.54, 1.807) is 0 Å². The van der Waals surface area contributed by atoms with E-state index < -0.39 is 0 Å². The minimum Gasteiger partial charge on any atom is -0.373 e. The number of benzene rings is 1. The second kappa shape index (κ2) is 6.87. The van der Waals surface area contributed by atoms with Crippen LogP contribution in [0.15, 0.2) is 42.9 Å². The van der Waals surface area contributed by atoms with E-state index in [9.17, 15) is 0 Å². The first-order valence-corrected chi connectivity index (χ1v) is 7.67. The van der Waals surface area contributed by atoms with Crippen LogP contribution in [-0.2, 0) is 18.3 Å². The van der Waals surface area contributed by atoms with Crippen LogP contribution in [0, 0.1) is 5.92 Å². The van der Waals surface area contributed by atoms with Gasteiger partial charge in [0.15, 0.2) is 0 Å². The van der Waals surface area contributed by atoms with E-state index in [2.05, 4.69) is 45.2 Å². The Bertz CT molecular complexity index is 552. The molecule has 2 unspecified atom stereocenters. The summed E-state index contributed by atoms with van der Waals surface area (Å²) < 4.78 is 8.09. The molecule has 0 amide bonds. The first kappa shape index (κ1) is 14.3. The Morgan fingerprint density at radius 2 is 2.19 bits per heavy atom. The summed E-state index contributed by atoms with van der Waals surface area (Å²) in [5.74, 6) is 0.536. The van der Waals surface area contributed by atoms with Gasteiger partial charge in [0.2, 0.25) is 0 Å². The molecule has 1 fully saturated rings. The van der Waals surface area contributed by atoms with Crippen LogP contribution in [-0.4, -0.2) is 22.7 Å². The van der Waals surface area contributed by atoms with Crippen LogP contribution in [0.4, 0.5) is 0 Å². The molecule has 1 saturated heterocycles. The van der Waals surface area contributed by atoms with Crippen molar-refractivity contribution in [3.8, 4) is 0 Å². The molecule has 4 nitrogen and oxygen atoms in total. The van der Waals surface area contributed by atoms with Crippen molar-refractivity contribution in [2.75, 3.05) is 13.2 Å². The fourth-order valence-electron chi connectivity index (χ4n) is 3.00. The number of nitrogens with one attached hydrogen (secondary N) is 1. The maximum Gasteiger partial charge on any atom is 0.0945 e. The van der Waals surface area contributed by atoms with Gasteiger partial charge in [0.25, 0.3) is 0 Å². The normalized spacial score (nSPS) is 22.3. The largest absolute Gasteiger partial charge is 0.373 e. The Kier molecular flexibility index (Phi) is 4.68. The maximum absolute atomic E-state index is 6.03. The summed E-state index contributed by atoms with van der Waals surface area (Å²) in [7, 11) is 2.03. The van der Waals surface area contributed by atoms with Gasteiger partial charge in [-0.05, 0) is 18.4 Å². The number of hydrogen-bond acceptors (Lipinski definition) is 3. The Morgan fingerprint density at radius 3 is 2.95 bits per heavy atom. The fourth-order valence-corrected chi connectivity index (χ4v) is 3.00. The van der Waals surface area contributed by atoms with Crippen molar-refractivity contribution < 1.29 is 4.74 Å². The van der Waals surface area contributed by atoms with E-state index in [4.69, 9.17) is 4.74 Å². The topological polar surface area (TPSA) is 39.1 Å². The summed E-state index contributed by atoms with van der Waals surface area (Å²) in [5.41, 5.74) is 2.51. The molecule has 0 spiro atoms. The number of aromatic nitrogens is 2. The Balaban J connectivity index is 1.59. The molecule has 1 N–H and O–H groups in total. The summed E-state index contributed by atoms with van der Waals surface area (Å²) >= 11 is 0. The van der Waals surface area contributed by atoms with E-state index in [-0.39, 0.29) is 6.10 Å². The van der Waals surface area contributed by atoms with Gasteiger partial charge < -0.3 is 14.6 Å². The average molecular weight is 285 g/mol. The smallest absolute Gasteiger partial charge is 0.0945 e. The van der Waals surface area contributed by atoms with Crippen molar-refractivity contribution in [1.29, 1.82) is 0 Å². The SMILES string of the molecule is Cn1cncc1CNCC1CCCOC1c1ccccc1. The van der Waals surface area contributed by atoms with Crippen molar-refractivity contribution in [1.82, 2.24) is 14.9 Å². The number of hydrogen-bond donors (Lipinski definition) is 1. The van der Waals surface area contributed by atoms with Crippen molar-refractivity contribution >= 4 is 0 Å². The van der Waals surface area contributed by atoms with Crippen LogP contribution < -0.4 is 5.32 Å². The van der Waals surface area contributed by atoms with Gasteiger partial charge in [0.05, 0.1) is 18.1 Å². The van der Waals surface area contributed by atoms with Crippen molar-refractivity contribution in [2.24, 2.45) is 13.0 Å². The van der Waals surface area contributed by atoms with E-state index in [0.717, 1.165) is 26.1 Å². The molecule has 1 aromatic heterocycles. The number of ether oxygens (including phenoxy) is 1. The third kappa shape index (κ3) is 3.52. The van der Waals surface area contributed by atoms with Gasteiger partial charge in [-0.2, -0.15) is 0 Å². The van der Waals surface area contributed by atoms with E-state index in [1.807, 2.05) is 19.6 Å². The highest BCUT2D eigenvalue weighted by atomic mass is 16.5. The number of rotatable bonds is 5. The minimum atomic E-state index is 0.221. The molecular formula is C17H23N3O. The molecule has 4 heteroatoms. The minimum absolute atomic E-state index is 0.221. The van der Waals surface area contributed by atoms with Gasteiger partial charge in [-0.1, -0.05) is 30.3 Å². The summed E-state index contributed by atoms with van der Waals surface area (Å²) in [4.78, 5) is 4.15. The van der Waals surface area contributed by atoms with E-state index in [1.165, 1.54) is 17.7 Å². The average Bonchev–Trinajstić information content (AvgIpc) is 2.94. The summed E-state index contributed by atoms with van der Waals surface area (Å²) in [6, 6.07) is 10.6. The molecule has 21 heavy (non-hydrogen) atoms. The van der Waals surface area contributed by atoms with Gasteiger partial charge in [-0.15, -0.1) is 0 Å². The molecule has 0 aliphatic carbocycles. The zero-order valence-electron chi connectivity index (χ0n) is 12.5. The first-order chi connectivity index (χ1) is 10.3. The standard InChI is InChI=1S/C17H23N3O/c1-20-13-19-12-16(20)11-18-10-15-8-5-9-21-17(15)14-6-3-2-4-7-14/h2-4,6-7,12-13,15,17-18H,5,8-11H2,1H3. The molecule has 112 valence electrons.